The molecule has 6 heteroatoms. The standard InChI is InChI=1S/C7H10N2O3S/c8-6-3-9(7(6)10)5-1-2-13(11,12)4-5/h1-2,5-6H,3-4,8H2. The van der Waals surface area contributed by atoms with Crippen molar-refractivity contribution in [3.63, 3.8) is 0 Å². The third-order valence-electron chi connectivity index (χ3n) is 2.31. The Morgan fingerprint density at radius 3 is 2.62 bits per heavy atom. The van der Waals surface area contributed by atoms with E-state index in [1.807, 2.05) is 0 Å². The number of likely N-dealkylation sites (tertiary alicyclic amines) is 1. The maximum absolute atomic E-state index is 11.1. The Kier molecular flexibility index (Phi) is 1.71. The van der Waals surface area contributed by atoms with Crippen LogP contribution in [0.4, 0.5) is 0 Å². The number of hydrogen-bond donors (Lipinski definition) is 1. The van der Waals surface area contributed by atoms with Crippen LogP contribution in [-0.4, -0.2) is 43.6 Å². The van der Waals surface area contributed by atoms with Crippen molar-refractivity contribution in [2.24, 2.45) is 5.73 Å². The minimum Gasteiger partial charge on any atom is -0.332 e. The van der Waals surface area contributed by atoms with Crippen molar-refractivity contribution < 1.29 is 13.2 Å². The second kappa shape index (κ2) is 2.55. The van der Waals surface area contributed by atoms with Crippen molar-refractivity contribution in [2.45, 2.75) is 12.1 Å². The van der Waals surface area contributed by atoms with Gasteiger partial charge in [0, 0.05) is 12.0 Å². The van der Waals surface area contributed by atoms with Gasteiger partial charge in [-0.05, 0) is 6.08 Å². The monoisotopic (exact) mass is 202 g/mol. The van der Waals surface area contributed by atoms with Gasteiger partial charge in [-0.15, -0.1) is 0 Å². The molecule has 2 atom stereocenters. The lowest BCUT2D eigenvalue weighted by molar-refractivity contribution is -0.143. The first kappa shape index (κ1) is 8.71. The van der Waals surface area contributed by atoms with Crippen LogP contribution in [0, 0.1) is 0 Å². The van der Waals surface area contributed by atoms with Gasteiger partial charge in [0.15, 0.2) is 9.84 Å². The van der Waals surface area contributed by atoms with Gasteiger partial charge in [-0.3, -0.25) is 4.79 Å². The van der Waals surface area contributed by atoms with E-state index in [2.05, 4.69) is 0 Å². The maximum atomic E-state index is 11.1. The average molecular weight is 202 g/mol. The lowest BCUT2D eigenvalue weighted by Crippen LogP contribution is -2.64. The van der Waals surface area contributed by atoms with Crippen molar-refractivity contribution in [1.82, 2.24) is 4.90 Å². The summed E-state index contributed by atoms with van der Waals surface area (Å²) in [5.41, 5.74) is 5.38. The zero-order valence-corrected chi connectivity index (χ0v) is 7.70. The predicted molar refractivity (Wildman–Crippen MR) is 46.4 cm³/mol. The molecule has 5 nitrogen and oxygen atoms in total. The van der Waals surface area contributed by atoms with E-state index in [1.54, 1.807) is 6.08 Å². The van der Waals surface area contributed by atoms with Gasteiger partial charge in [-0.2, -0.15) is 0 Å². The van der Waals surface area contributed by atoms with Gasteiger partial charge in [0.05, 0.1) is 11.8 Å². The molecule has 0 saturated carbocycles. The van der Waals surface area contributed by atoms with Crippen molar-refractivity contribution >= 4 is 15.7 Å². The molecule has 72 valence electrons. The van der Waals surface area contributed by atoms with Crippen molar-refractivity contribution in [2.75, 3.05) is 12.3 Å². The fraction of sp³-hybridized carbons (Fsp3) is 0.571. The number of amides is 1. The Morgan fingerprint density at radius 2 is 2.23 bits per heavy atom. The highest BCUT2D eigenvalue weighted by Gasteiger charge is 2.40. The highest BCUT2D eigenvalue weighted by Crippen LogP contribution is 2.20. The topological polar surface area (TPSA) is 80.5 Å². The minimum absolute atomic E-state index is 0.00542. The van der Waals surface area contributed by atoms with Gasteiger partial charge in [0.2, 0.25) is 5.91 Å². The van der Waals surface area contributed by atoms with Crippen molar-refractivity contribution in [3.8, 4) is 0 Å². The van der Waals surface area contributed by atoms with Crippen LogP contribution in [0.5, 0.6) is 0 Å². The van der Waals surface area contributed by atoms with Gasteiger partial charge < -0.3 is 10.6 Å². The van der Waals surface area contributed by atoms with E-state index in [1.165, 1.54) is 4.90 Å². The fourth-order valence-corrected chi connectivity index (χ4v) is 2.83. The maximum Gasteiger partial charge on any atom is 0.241 e. The molecule has 0 bridgehead atoms. The molecule has 0 radical (unpaired) electrons. The number of carbonyl (C=O) groups excluding carboxylic acids is 1. The molecule has 0 aromatic carbocycles. The molecule has 0 aromatic heterocycles. The van der Waals surface area contributed by atoms with Crippen LogP contribution in [0.25, 0.3) is 0 Å². The third kappa shape index (κ3) is 1.36. The molecule has 0 spiro atoms. The van der Waals surface area contributed by atoms with E-state index in [0.717, 1.165) is 5.41 Å². The summed E-state index contributed by atoms with van der Waals surface area (Å²) < 4.78 is 22.0. The molecular weight excluding hydrogens is 192 g/mol. The van der Waals surface area contributed by atoms with Crippen LogP contribution in [0.1, 0.15) is 0 Å². The Balaban J connectivity index is 2.07. The van der Waals surface area contributed by atoms with Crippen LogP contribution in [0.15, 0.2) is 11.5 Å². The molecular formula is C7H10N2O3S. The number of nitrogens with zero attached hydrogens (tertiary/aromatic N) is 1. The van der Waals surface area contributed by atoms with E-state index >= 15 is 0 Å². The first-order chi connectivity index (χ1) is 5.99. The summed E-state index contributed by atoms with van der Waals surface area (Å²) in [5.74, 6) is -0.155. The summed E-state index contributed by atoms with van der Waals surface area (Å²) in [7, 11) is -3.07. The summed E-state index contributed by atoms with van der Waals surface area (Å²) >= 11 is 0. The molecule has 2 heterocycles. The summed E-state index contributed by atoms with van der Waals surface area (Å²) in [4.78, 5) is 12.6. The summed E-state index contributed by atoms with van der Waals surface area (Å²) in [6, 6.07) is -0.728. The van der Waals surface area contributed by atoms with Crippen LogP contribution in [-0.2, 0) is 14.6 Å². The molecule has 2 aliphatic heterocycles. The number of sulfone groups is 1. The van der Waals surface area contributed by atoms with Gasteiger partial charge in [-0.25, -0.2) is 8.42 Å². The molecule has 2 N–H and O–H groups in total. The molecule has 2 aliphatic rings. The lowest BCUT2D eigenvalue weighted by Gasteiger charge is -2.39. The number of rotatable bonds is 1. The van der Waals surface area contributed by atoms with Gasteiger partial charge in [0.1, 0.15) is 6.04 Å². The van der Waals surface area contributed by atoms with Crippen LogP contribution < -0.4 is 5.73 Å². The molecule has 1 amide bonds. The Labute approximate surface area is 76.1 Å². The highest BCUT2D eigenvalue weighted by molar-refractivity contribution is 7.94. The number of nitrogens with two attached hydrogens (primary N) is 1. The summed E-state index contributed by atoms with van der Waals surface area (Å²) in [6.45, 7) is 0.462. The smallest absolute Gasteiger partial charge is 0.241 e. The fourth-order valence-electron chi connectivity index (χ4n) is 1.53. The van der Waals surface area contributed by atoms with Crippen molar-refractivity contribution in [1.29, 1.82) is 0 Å². The largest absolute Gasteiger partial charge is 0.332 e. The molecule has 0 aromatic rings. The SMILES string of the molecule is NC1CN(C2C=CS(=O)(=O)C2)C1=O. The molecule has 13 heavy (non-hydrogen) atoms. The minimum atomic E-state index is -3.07. The van der Waals surface area contributed by atoms with E-state index < -0.39 is 15.9 Å². The zero-order chi connectivity index (χ0) is 9.64. The Bertz CT molecular complexity index is 373. The first-order valence-corrected chi connectivity index (χ1v) is 5.68. The number of carbonyl (C=O) groups is 1. The van der Waals surface area contributed by atoms with Crippen LogP contribution in [0.2, 0.25) is 0 Å². The second-order valence-corrected chi connectivity index (χ2v) is 5.25. The number of β-lactam (4-membered cyclic amide) rings is 1. The predicted octanol–water partition coefficient (Wildman–Crippen LogP) is -1.53. The molecule has 2 unspecified atom stereocenters. The average Bonchev–Trinajstić information content (AvgIpc) is 2.40. The van der Waals surface area contributed by atoms with Crippen molar-refractivity contribution in [3.05, 3.63) is 11.5 Å². The van der Waals surface area contributed by atoms with Gasteiger partial charge in [-0.1, -0.05) is 0 Å². The van der Waals surface area contributed by atoms with Gasteiger partial charge >= 0.3 is 0 Å². The summed E-state index contributed by atoms with van der Waals surface area (Å²) in [6.07, 6.45) is 1.54. The zero-order valence-electron chi connectivity index (χ0n) is 6.88. The molecule has 2 rings (SSSR count). The van der Waals surface area contributed by atoms with Crippen LogP contribution in [0.3, 0.4) is 0 Å². The molecule has 1 fully saturated rings. The normalized spacial score (nSPS) is 36.4. The van der Waals surface area contributed by atoms with E-state index in [9.17, 15) is 13.2 Å². The van der Waals surface area contributed by atoms with E-state index in [4.69, 9.17) is 5.73 Å². The van der Waals surface area contributed by atoms with E-state index in [0.29, 0.717) is 6.54 Å². The lowest BCUT2D eigenvalue weighted by atomic mass is 10.1. The Morgan fingerprint density at radius 1 is 1.54 bits per heavy atom. The first-order valence-electron chi connectivity index (χ1n) is 3.97. The quantitative estimate of drug-likeness (QED) is 0.523. The summed E-state index contributed by atoms with van der Waals surface area (Å²) in [5, 5.41) is 1.16. The number of hydrogen-bond acceptors (Lipinski definition) is 4. The highest BCUT2D eigenvalue weighted by atomic mass is 32.2. The Hall–Kier alpha value is -0.880. The molecule has 1 saturated heterocycles. The van der Waals surface area contributed by atoms with Gasteiger partial charge in [0.25, 0.3) is 0 Å². The van der Waals surface area contributed by atoms with E-state index in [-0.39, 0.29) is 17.7 Å². The molecule has 0 aliphatic carbocycles. The second-order valence-electron chi connectivity index (χ2n) is 3.32. The van der Waals surface area contributed by atoms with Crippen LogP contribution >= 0.6 is 0 Å². The third-order valence-corrected chi connectivity index (χ3v) is 3.68.